The van der Waals surface area contributed by atoms with E-state index in [0.717, 1.165) is 24.7 Å². The lowest BCUT2D eigenvalue weighted by Gasteiger charge is -2.32. The zero-order chi connectivity index (χ0) is 10.2. The molecule has 1 fully saturated rings. The summed E-state index contributed by atoms with van der Waals surface area (Å²) in [5.74, 6) is 2.11. The molecular weight excluding hydrogens is 176 g/mol. The topological polar surface area (TPSA) is 42.7 Å². The Morgan fingerprint density at radius 1 is 1.43 bits per heavy atom. The van der Waals surface area contributed by atoms with Gasteiger partial charge in [0.15, 0.2) is 0 Å². The van der Waals surface area contributed by atoms with Crippen molar-refractivity contribution >= 4 is 0 Å². The Bertz CT molecular complexity index is 323. The van der Waals surface area contributed by atoms with Crippen molar-refractivity contribution in [2.75, 3.05) is 13.1 Å². The second kappa shape index (κ2) is 3.35. The maximum absolute atomic E-state index is 4.28. The zero-order valence-corrected chi connectivity index (χ0v) is 9.17. The van der Waals surface area contributed by atoms with Crippen LogP contribution in [0.2, 0.25) is 0 Å². The van der Waals surface area contributed by atoms with E-state index >= 15 is 0 Å². The van der Waals surface area contributed by atoms with Crippen LogP contribution in [0.5, 0.6) is 0 Å². The third-order valence-corrected chi connectivity index (χ3v) is 3.23. The van der Waals surface area contributed by atoms with Crippen LogP contribution >= 0.6 is 0 Å². The minimum Gasteiger partial charge on any atom is -0.318 e. The maximum Gasteiger partial charge on any atom is 0.139 e. The normalized spacial score (nSPS) is 27.9. The fraction of sp³-hybridized carbons (Fsp3) is 0.800. The van der Waals surface area contributed by atoms with Crippen molar-refractivity contribution in [3.05, 3.63) is 11.6 Å². The molecule has 4 heteroatoms. The zero-order valence-electron chi connectivity index (χ0n) is 9.17. The molecule has 0 bridgehead atoms. The van der Waals surface area contributed by atoms with Crippen LogP contribution in [0.4, 0.5) is 0 Å². The predicted octanol–water partition coefficient (Wildman–Crippen LogP) is 0.765. The maximum atomic E-state index is 4.28. The Labute approximate surface area is 84.7 Å². The SMILES string of the molecule is Cc1nnc(C2(C)CCCNC2)n1C. The van der Waals surface area contributed by atoms with Crippen LogP contribution in [0.1, 0.15) is 31.4 Å². The molecule has 1 aromatic rings. The van der Waals surface area contributed by atoms with Crippen molar-refractivity contribution in [1.29, 1.82) is 0 Å². The molecule has 1 aliphatic heterocycles. The van der Waals surface area contributed by atoms with Crippen molar-refractivity contribution in [2.24, 2.45) is 7.05 Å². The average Bonchev–Trinajstić information content (AvgIpc) is 2.49. The van der Waals surface area contributed by atoms with Gasteiger partial charge in [0.25, 0.3) is 0 Å². The van der Waals surface area contributed by atoms with Crippen molar-refractivity contribution in [2.45, 2.75) is 32.1 Å². The van der Waals surface area contributed by atoms with Crippen molar-refractivity contribution in [3.8, 4) is 0 Å². The van der Waals surface area contributed by atoms with Gasteiger partial charge in [0.2, 0.25) is 0 Å². The fourth-order valence-electron chi connectivity index (χ4n) is 2.18. The van der Waals surface area contributed by atoms with E-state index < -0.39 is 0 Å². The predicted molar refractivity (Wildman–Crippen MR) is 55.2 cm³/mol. The first-order valence-corrected chi connectivity index (χ1v) is 5.21. The molecular formula is C10H18N4. The third-order valence-electron chi connectivity index (χ3n) is 3.23. The molecule has 78 valence electrons. The monoisotopic (exact) mass is 194 g/mol. The fourth-order valence-corrected chi connectivity index (χ4v) is 2.18. The van der Waals surface area contributed by atoms with Gasteiger partial charge in [-0.2, -0.15) is 0 Å². The molecule has 1 atom stereocenters. The van der Waals surface area contributed by atoms with Gasteiger partial charge in [-0.05, 0) is 26.3 Å². The summed E-state index contributed by atoms with van der Waals surface area (Å²) in [5.41, 5.74) is 0.161. The first-order valence-electron chi connectivity index (χ1n) is 5.21. The molecule has 0 radical (unpaired) electrons. The highest BCUT2D eigenvalue weighted by Gasteiger charge is 2.33. The minimum absolute atomic E-state index is 0.161. The summed E-state index contributed by atoms with van der Waals surface area (Å²) in [5, 5.41) is 11.8. The van der Waals surface area contributed by atoms with Crippen LogP contribution in [-0.4, -0.2) is 27.9 Å². The van der Waals surface area contributed by atoms with E-state index in [0.29, 0.717) is 0 Å². The molecule has 1 unspecified atom stereocenters. The second-order valence-corrected chi connectivity index (χ2v) is 4.47. The Hall–Kier alpha value is -0.900. The highest BCUT2D eigenvalue weighted by atomic mass is 15.3. The van der Waals surface area contributed by atoms with Gasteiger partial charge in [-0.25, -0.2) is 0 Å². The van der Waals surface area contributed by atoms with E-state index in [1.54, 1.807) is 0 Å². The molecule has 2 rings (SSSR count). The Morgan fingerprint density at radius 2 is 2.21 bits per heavy atom. The molecule has 0 saturated carbocycles. The van der Waals surface area contributed by atoms with E-state index in [-0.39, 0.29) is 5.41 Å². The molecule has 2 heterocycles. The number of nitrogens with zero attached hydrogens (tertiary/aromatic N) is 3. The van der Waals surface area contributed by atoms with Crippen LogP contribution in [0.3, 0.4) is 0 Å². The molecule has 1 aromatic heterocycles. The molecule has 1 N–H and O–H groups in total. The number of piperidine rings is 1. The number of aromatic nitrogens is 3. The third kappa shape index (κ3) is 1.43. The molecule has 14 heavy (non-hydrogen) atoms. The highest BCUT2D eigenvalue weighted by Crippen LogP contribution is 2.28. The van der Waals surface area contributed by atoms with Gasteiger partial charge in [-0.15, -0.1) is 10.2 Å². The van der Waals surface area contributed by atoms with E-state index in [1.807, 2.05) is 14.0 Å². The molecule has 1 saturated heterocycles. The van der Waals surface area contributed by atoms with E-state index in [9.17, 15) is 0 Å². The van der Waals surface area contributed by atoms with Gasteiger partial charge < -0.3 is 9.88 Å². The highest BCUT2D eigenvalue weighted by molar-refractivity contribution is 5.10. The smallest absolute Gasteiger partial charge is 0.139 e. The molecule has 1 aliphatic rings. The minimum atomic E-state index is 0.161. The quantitative estimate of drug-likeness (QED) is 0.718. The lowest BCUT2D eigenvalue weighted by Crippen LogP contribution is -2.42. The Balaban J connectivity index is 2.32. The molecule has 4 nitrogen and oxygen atoms in total. The molecule has 0 aliphatic carbocycles. The lowest BCUT2D eigenvalue weighted by molar-refractivity contribution is 0.316. The number of rotatable bonds is 1. The average molecular weight is 194 g/mol. The molecule has 0 aromatic carbocycles. The second-order valence-electron chi connectivity index (χ2n) is 4.47. The van der Waals surface area contributed by atoms with Crippen LogP contribution < -0.4 is 5.32 Å². The van der Waals surface area contributed by atoms with E-state index in [4.69, 9.17) is 0 Å². The van der Waals surface area contributed by atoms with Gasteiger partial charge in [-0.1, -0.05) is 6.92 Å². The van der Waals surface area contributed by atoms with Crippen LogP contribution in [0.25, 0.3) is 0 Å². The molecule has 0 amide bonds. The number of hydrogen-bond donors (Lipinski definition) is 1. The summed E-state index contributed by atoms with van der Waals surface area (Å²) in [7, 11) is 2.05. The number of hydrogen-bond acceptors (Lipinski definition) is 3. The summed E-state index contributed by atoms with van der Waals surface area (Å²) in [4.78, 5) is 0. The van der Waals surface area contributed by atoms with Gasteiger partial charge in [0.1, 0.15) is 11.6 Å². The van der Waals surface area contributed by atoms with Crippen LogP contribution in [0.15, 0.2) is 0 Å². The van der Waals surface area contributed by atoms with Gasteiger partial charge in [-0.3, -0.25) is 0 Å². The van der Waals surface area contributed by atoms with Gasteiger partial charge in [0, 0.05) is 19.0 Å². The van der Waals surface area contributed by atoms with Crippen LogP contribution in [0, 0.1) is 6.92 Å². The van der Waals surface area contributed by atoms with Crippen molar-refractivity contribution in [3.63, 3.8) is 0 Å². The van der Waals surface area contributed by atoms with Crippen molar-refractivity contribution < 1.29 is 0 Å². The summed E-state index contributed by atoms with van der Waals surface area (Å²) in [6.45, 7) is 6.41. The van der Waals surface area contributed by atoms with E-state index in [2.05, 4.69) is 27.0 Å². The Kier molecular flexibility index (Phi) is 2.31. The van der Waals surface area contributed by atoms with Crippen LogP contribution in [-0.2, 0) is 12.5 Å². The summed E-state index contributed by atoms with van der Waals surface area (Å²) in [6.07, 6.45) is 2.42. The summed E-state index contributed by atoms with van der Waals surface area (Å²) >= 11 is 0. The van der Waals surface area contributed by atoms with E-state index in [1.165, 1.54) is 12.8 Å². The number of nitrogens with one attached hydrogen (secondary N) is 1. The Morgan fingerprint density at radius 3 is 2.71 bits per heavy atom. The summed E-state index contributed by atoms with van der Waals surface area (Å²) < 4.78 is 2.10. The standard InChI is InChI=1S/C10H18N4/c1-8-12-13-9(14(8)3)10(2)5-4-6-11-7-10/h11H,4-7H2,1-3H3. The van der Waals surface area contributed by atoms with Gasteiger partial charge in [0.05, 0.1) is 0 Å². The summed E-state index contributed by atoms with van der Waals surface area (Å²) in [6, 6.07) is 0. The first-order chi connectivity index (χ1) is 6.63. The van der Waals surface area contributed by atoms with Crippen molar-refractivity contribution in [1.82, 2.24) is 20.1 Å². The largest absolute Gasteiger partial charge is 0.318 e. The number of aryl methyl sites for hydroxylation is 1. The molecule has 0 spiro atoms. The van der Waals surface area contributed by atoms with Gasteiger partial charge >= 0.3 is 0 Å². The first kappa shape index (κ1) is 9.65. The lowest BCUT2D eigenvalue weighted by atomic mass is 9.82.